The van der Waals surface area contributed by atoms with Gasteiger partial charge in [0.2, 0.25) is 0 Å². The lowest BCUT2D eigenvalue weighted by atomic mass is 10.1. The number of benzene rings is 2. The van der Waals surface area contributed by atoms with E-state index in [-0.39, 0.29) is 12.5 Å². The molecule has 0 atom stereocenters. The zero-order valence-corrected chi connectivity index (χ0v) is 15.4. The Hall–Kier alpha value is -3.12. The summed E-state index contributed by atoms with van der Waals surface area (Å²) >= 11 is 1.34. The van der Waals surface area contributed by atoms with E-state index in [0.29, 0.717) is 29.2 Å². The molecule has 0 bridgehead atoms. The van der Waals surface area contributed by atoms with Gasteiger partial charge in [0, 0.05) is 6.42 Å². The highest BCUT2D eigenvalue weighted by atomic mass is 32.1. The lowest BCUT2D eigenvalue weighted by molar-refractivity contribution is 0.0487. The fourth-order valence-electron chi connectivity index (χ4n) is 2.37. The monoisotopic (exact) mass is 381 g/mol. The highest BCUT2D eigenvalue weighted by Gasteiger charge is 2.15. The van der Waals surface area contributed by atoms with Gasteiger partial charge in [0.05, 0.1) is 29.3 Å². The standard InChI is InChI=1S/C21H19NO4S/c23-20(19-12-6-15-27-19)22-18-11-5-4-10-17(18)21(24)26-14-7-13-25-16-8-2-1-3-9-16/h1-6,8-12,15H,7,13-14H2,(H,22,23). The second-order valence-corrected chi connectivity index (χ2v) is 6.58. The second kappa shape index (κ2) is 9.54. The average molecular weight is 381 g/mol. The average Bonchev–Trinajstić information content (AvgIpc) is 3.24. The van der Waals surface area contributed by atoms with Crippen molar-refractivity contribution < 1.29 is 19.1 Å². The van der Waals surface area contributed by atoms with Gasteiger partial charge in [-0.2, -0.15) is 0 Å². The van der Waals surface area contributed by atoms with Crippen molar-refractivity contribution in [2.75, 3.05) is 18.5 Å². The number of amides is 1. The Bertz CT molecular complexity index is 878. The Morgan fingerprint density at radius 3 is 2.44 bits per heavy atom. The molecule has 5 nitrogen and oxygen atoms in total. The molecule has 0 radical (unpaired) electrons. The first-order valence-corrected chi connectivity index (χ1v) is 9.41. The van der Waals surface area contributed by atoms with Crippen molar-refractivity contribution in [3.8, 4) is 5.75 Å². The molecule has 1 heterocycles. The van der Waals surface area contributed by atoms with Crippen LogP contribution in [0.15, 0.2) is 72.1 Å². The van der Waals surface area contributed by atoms with E-state index in [9.17, 15) is 9.59 Å². The molecular formula is C21H19NO4S. The summed E-state index contributed by atoms with van der Waals surface area (Å²) in [6, 6.07) is 19.8. The summed E-state index contributed by atoms with van der Waals surface area (Å²) in [5, 5.41) is 4.59. The van der Waals surface area contributed by atoms with Crippen molar-refractivity contribution in [2.45, 2.75) is 6.42 Å². The Morgan fingerprint density at radius 2 is 1.67 bits per heavy atom. The van der Waals surface area contributed by atoms with E-state index in [2.05, 4.69) is 5.32 Å². The fraction of sp³-hybridized carbons (Fsp3) is 0.143. The molecule has 3 rings (SSSR count). The maximum atomic E-state index is 12.4. The van der Waals surface area contributed by atoms with Crippen molar-refractivity contribution in [1.82, 2.24) is 0 Å². The van der Waals surface area contributed by atoms with Gasteiger partial charge < -0.3 is 14.8 Å². The number of hydrogen-bond acceptors (Lipinski definition) is 5. The predicted octanol–water partition coefficient (Wildman–Crippen LogP) is 4.63. The van der Waals surface area contributed by atoms with Gasteiger partial charge >= 0.3 is 5.97 Å². The van der Waals surface area contributed by atoms with E-state index >= 15 is 0 Å². The number of carbonyl (C=O) groups excluding carboxylic acids is 2. The zero-order chi connectivity index (χ0) is 18.9. The SMILES string of the molecule is O=C(Nc1ccccc1C(=O)OCCCOc1ccccc1)c1cccs1. The number of para-hydroxylation sites is 2. The largest absolute Gasteiger partial charge is 0.493 e. The van der Waals surface area contributed by atoms with Crippen molar-refractivity contribution in [1.29, 1.82) is 0 Å². The predicted molar refractivity (Wildman–Crippen MR) is 106 cm³/mol. The van der Waals surface area contributed by atoms with Crippen molar-refractivity contribution in [3.05, 3.63) is 82.6 Å². The highest BCUT2D eigenvalue weighted by molar-refractivity contribution is 7.12. The molecule has 6 heteroatoms. The molecule has 1 N–H and O–H groups in total. The normalized spacial score (nSPS) is 10.2. The Kier molecular flexibility index (Phi) is 6.60. The molecule has 0 aliphatic carbocycles. The third-order valence-corrected chi connectivity index (χ3v) is 4.54. The van der Waals surface area contributed by atoms with E-state index in [1.165, 1.54) is 11.3 Å². The number of thiophene rings is 1. The molecule has 27 heavy (non-hydrogen) atoms. The molecular weight excluding hydrogens is 362 g/mol. The van der Waals surface area contributed by atoms with Gasteiger partial charge in [0.15, 0.2) is 0 Å². The molecule has 3 aromatic rings. The quantitative estimate of drug-likeness (QED) is 0.456. The van der Waals surface area contributed by atoms with Crippen molar-refractivity contribution >= 4 is 28.9 Å². The van der Waals surface area contributed by atoms with Gasteiger partial charge in [-0.1, -0.05) is 36.4 Å². The lowest BCUT2D eigenvalue weighted by Crippen LogP contribution is -2.15. The molecule has 0 spiro atoms. The molecule has 1 amide bonds. The van der Waals surface area contributed by atoms with Crippen LogP contribution in [0.5, 0.6) is 5.75 Å². The number of rotatable bonds is 8. The summed E-state index contributed by atoms with van der Waals surface area (Å²) in [5.41, 5.74) is 0.757. The van der Waals surface area contributed by atoms with Crippen LogP contribution in [0.25, 0.3) is 0 Å². The van der Waals surface area contributed by atoms with Crippen LogP contribution in [0.2, 0.25) is 0 Å². The highest BCUT2D eigenvalue weighted by Crippen LogP contribution is 2.19. The lowest BCUT2D eigenvalue weighted by Gasteiger charge is -2.11. The van der Waals surface area contributed by atoms with Gasteiger partial charge in [0.25, 0.3) is 5.91 Å². The van der Waals surface area contributed by atoms with Gasteiger partial charge in [0.1, 0.15) is 5.75 Å². The zero-order valence-electron chi connectivity index (χ0n) is 14.6. The molecule has 0 saturated heterocycles. The van der Waals surface area contributed by atoms with E-state index in [1.54, 1.807) is 36.4 Å². The van der Waals surface area contributed by atoms with Gasteiger partial charge in [-0.3, -0.25) is 4.79 Å². The summed E-state index contributed by atoms with van der Waals surface area (Å²) in [7, 11) is 0. The summed E-state index contributed by atoms with van der Waals surface area (Å²) < 4.78 is 10.9. The Balaban J connectivity index is 1.50. The van der Waals surface area contributed by atoms with Crippen LogP contribution in [-0.4, -0.2) is 25.1 Å². The Morgan fingerprint density at radius 1 is 0.889 bits per heavy atom. The summed E-state index contributed by atoms with van der Waals surface area (Å²) in [5.74, 6) is 0.0590. The number of ether oxygens (including phenoxy) is 2. The number of anilines is 1. The smallest absolute Gasteiger partial charge is 0.340 e. The molecule has 1 aromatic heterocycles. The van der Waals surface area contributed by atoms with Crippen molar-refractivity contribution in [2.24, 2.45) is 0 Å². The maximum Gasteiger partial charge on any atom is 0.340 e. The second-order valence-electron chi connectivity index (χ2n) is 5.63. The minimum atomic E-state index is -0.475. The molecule has 138 valence electrons. The molecule has 0 saturated carbocycles. The van der Waals surface area contributed by atoms with Crippen LogP contribution in [0.4, 0.5) is 5.69 Å². The fourth-order valence-corrected chi connectivity index (χ4v) is 2.99. The van der Waals surface area contributed by atoms with E-state index in [4.69, 9.17) is 9.47 Å². The van der Waals surface area contributed by atoms with Crippen LogP contribution in [0.3, 0.4) is 0 Å². The number of nitrogens with one attached hydrogen (secondary N) is 1. The van der Waals surface area contributed by atoms with Crippen LogP contribution in [0, 0.1) is 0 Å². The number of carbonyl (C=O) groups is 2. The first-order valence-electron chi connectivity index (χ1n) is 8.53. The summed E-state index contributed by atoms with van der Waals surface area (Å²) in [6.45, 7) is 0.687. The molecule has 0 aliphatic rings. The van der Waals surface area contributed by atoms with Gasteiger partial charge in [-0.15, -0.1) is 11.3 Å². The molecule has 0 fully saturated rings. The van der Waals surface area contributed by atoms with Crippen LogP contribution in [-0.2, 0) is 4.74 Å². The number of esters is 1. The molecule has 0 aliphatic heterocycles. The van der Waals surface area contributed by atoms with Crippen molar-refractivity contribution in [3.63, 3.8) is 0 Å². The minimum Gasteiger partial charge on any atom is -0.493 e. The van der Waals surface area contributed by atoms with Gasteiger partial charge in [-0.25, -0.2) is 4.79 Å². The first-order chi connectivity index (χ1) is 13.2. The summed E-state index contributed by atoms with van der Waals surface area (Å²) in [4.78, 5) is 25.1. The Labute approximate surface area is 161 Å². The summed E-state index contributed by atoms with van der Waals surface area (Å²) in [6.07, 6.45) is 0.574. The van der Waals surface area contributed by atoms with E-state index in [0.717, 1.165) is 5.75 Å². The van der Waals surface area contributed by atoms with Crippen LogP contribution in [0.1, 0.15) is 26.5 Å². The molecule has 0 unspecified atom stereocenters. The topological polar surface area (TPSA) is 64.6 Å². The molecule has 2 aromatic carbocycles. The number of hydrogen-bond donors (Lipinski definition) is 1. The van der Waals surface area contributed by atoms with Crippen LogP contribution >= 0.6 is 11.3 Å². The van der Waals surface area contributed by atoms with E-state index < -0.39 is 5.97 Å². The third kappa shape index (κ3) is 5.43. The maximum absolute atomic E-state index is 12.4. The van der Waals surface area contributed by atoms with Crippen LogP contribution < -0.4 is 10.1 Å². The first kappa shape index (κ1) is 18.7. The third-order valence-electron chi connectivity index (χ3n) is 3.67. The minimum absolute atomic E-state index is 0.235. The van der Waals surface area contributed by atoms with E-state index in [1.807, 2.05) is 35.7 Å². The van der Waals surface area contributed by atoms with Gasteiger partial charge in [-0.05, 0) is 35.7 Å².